The van der Waals surface area contributed by atoms with Crippen LogP contribution in [0.3, 0.4) is 0 Å². The van der Waals surface area contributed by atoms with Gasteiger partial charge in [0.2, 0.25) is 0 Å². The van der Waals surface area contributed by atoms with Gasteiger partial charge in [-0.2, -0.15) is 5.26 Å². The third-order valence-corrected chi connectivity index (χ3v) is 4.63. The van der Waals surface area contributed by atoms with Crippen LogP contribution in [0.25, 0.3) is 0 Å². The summed E-state index contributed by atoms with van der Waals surface area (Å²) in [5.74, 6) is 0. The Bertz CT molecular complexity index is 479. The summed E-state index contributed by atoms with van der Waals surface area (Å²) in [7, 11) is 0. The SMILES string of the molecule is N#CC[C@H](c1ccc(N2CCCC2)cc1)N1CCNCC1. The molecule has 0 amide bonds. The van der Waals surface area contributed by atoms with E-state index in [2.05, 4.69) is 45.5 Å². The van der Waals surface area contributed by atoms with Crippen LogP contribution in [0.2, 0.25) is 0 Å². The van der Waals surface area contributed by atoms with Crippen molar-refractivity contribution in [3.63, 3.8) is 0 Å². The minimum Gasteiger partial charge on any atom is -0.372 e. The van der Waals surface area contributed by atoms with Gasteiger partial charge in [0.1, 0.15) is 0 Å². The number of hydrogen-bond donors (Lipinski definition) is 1. The zero-order chi connectivity index (χ0) is 14.5. The van der Waals surface area contributed by atoms with E-state index in [1.807, 2.05) is 0 Å². The van der Waals surface area contributed by atoms with Gasteiger partial charge in [-0.15, -0.1) is 0 Å². The summed E-state index contributed by atoms with van der Waals surface area (Å²) in [5, 5.41) is 12.5. The third-order valence-electron chi connectivity index (χ3n) is 4.63. The summed E-state index contributed by atoms with van der Waals surface area (Å²) in [6.07, 6.45) is 3.18. The summed E-state index contributed by atoms with van der Waals surface area (Å²) in [6.45, 7) is 6.46. The van der Waals surface area contributed by atoms with E-state index in [0.717, 1.165) is 26.2 Å². The number of nitrogens with one attached hydrogen (secondary N) is 1. The molecule has 2 aliphatic heterocycles. The molecular formula is C17H24N4. The minimum absolute atomic E-state index is 0.240. The molecule has 3 rings (SSSR count). The molecule has 4 heteroatoms. The molecule has 2 saturated heterocycles. The molecule has 2 fully saturated rings. The van der Waals surface area contributed by atoms with Crippen molar-refractivity contribution >= 4 is 5.69 Å². The van der Waals surface area contributed by atoms with Crippen molar-refractivity contribution < 1.29 is 0 Å². The minimum atomic E-state index is 0.240. The molecule has 21 heavy (non-hydrogen) atoms. The topological polar surface area (TPSA) is 42.3 Å². The van der Waals surface area contributed by atoms with Crippen LogP contribution in [0.4, 0.5) is 5.69 Å². The lowest BCUT2D eigenvalue weighted by molar-refractivity contribution is 0.175. The van der Waals surface area contributed by atoms with Crippen LogP contribution in [-0.4, -0.2) is 44.2 Å². The molecule has 1 aromatic carbocycles. The van der Waals surface area contributed by atoms with E-state index < -0.39 is 0 Å². The van der Waals surface area contributed by atoms with Crippen LogP contribution >= 0.6 is 0 Å². The monoisotopic (exact) mass is 284 g/mol. The predicted octanol–water partition coefficient (Wildman–Crippen LogP) is 2.15. The average Bonchev–Trinajstić information content (AvgIpc) is 3.08. The molecule has 0 saturated carbocycles. The van der Waals surface area contributed by atoms with Gasteiger partial charge in [-0.1, -0.05) is 12.1 Å². The van der Waals surface area contributed by atoms with E-state index >= 15 is 0 Å². The molecule has 0 unspecified atom stereocenters. The Balaban J connectivity index is 1.74. The lowest BCUT2D eigenvalue weighted by atomic mass is 10.0. The highest BCUT2D eigenvalue weighted by atomic mass is 15.2. The Morgan fingerprint density at radius 1 is 1.05 bits per heavy atom. The molecule has 112 valence electrons. The highest BCUT2D eigenvalue weighted by molar-refractivity contribution is 5.48. The first-order chi connectivity index (χ1) is 10.4. The summed E-state index contributed by atoms with van der Waals surface area (Å²) in [6, 6.07) is 11.5. The second-order valence-corrected chi connectivity index (χ2v) is 5.95. The lowest BCUT2D eigenvalue weighted by Gasteiger charge is -2.34. The first kappa shape index (κ1) is 14.4. The number of benzene rings is 1. The Labute approximate surface area is 127 Å². The van der Waals surface area contributed by atoms with Crippen LogP contribution in [0, 0.1) is 11.3 Å². The second-order valence-electron chi connectivity index (χ2n) is 5.95. The van der Waals surface area contributed by atoms with Crippen molar-refractivity contribution in [2.24, 2.45) is 0 Å². The van der Waals surface area contributed by atoms with Gasteiger partial charge in [0.25, 0.3) is 0 Å². The maximum absolute atomic E-state index is 9.16. The molecule has 4 nitrogen and oxygen atoms in total. The van der Waals surface area contributed by atoms with Crippen molar-refractivity contribution in [1.82, 2.24) is 10.2 Å². The van der Waals surface area contributed by atoms with Crippen LogP contribution in [-0.2, 0) is 0 Å². The van der Waals surface area contributed by atoms with E-state index in [4.69, 9.17) is 5.26 Å². The summed E-state index contributed by atoms with van der Waals surface area (Å²) in [4.78, 5) is 4.89. The number of nitriles is 1. The number of hydrogen-bond acceptors (Lipinski definition) is 4. The fraction of sp³-hybridized carbons (Fsp3) is 0.588. The maximum Gasteiger partial charge on any atom is 0.0641 e. The van der Waals surface area contributed by atoms with Gasteiger partial charge in [-0.05, 0) is 30.5 Å². The van der Waals surface area contributed by atoms with Gasteiger partial charge in [0.15, 0.2) is 0 Å². The standard InChI is InChI=1S/C17H24N4/c18-8-7-17(21-13-9-19-10-14-21)15-3-5-16(6-4-15)20-11-1-2-12-20/h3-6,17,19H,1-2,7,9-14H2/t17-/m1/s1. The molecule has 2 aliphatic rings. The van der Waals surface area contributed by atoms with Crippen LogP contribution in [0.1, 0.15) is 30.9 Å². The first-order valence-electron chi connectivity index (χ1n) is 8.05. The lowest BCUT2D eigenvalue weighted by Crippen LogP contribution is -2.45. The molecule has 1 aromatic rings. The second kappa shape index (κ2) is 6.93. The molecule has 2 heterocycles. The van der Waals surface area contributed by atoms with E-state index in [0.29, 0.717) is 6.42 Å². The van der Waals surface area contributed by atoms with Crippen molar-refractivity contribution in [3.8, 4) is 6.07 Å². The van der Waals surface area contributed by atoms with E-state index in [1.165, 1.54) is 37.2 Å². The molecule has 1 N–H and O–H groups in total. The number of anilines is 1. The van der Waals surface area contributed by atoms with Crippen LogP contribution in [0.15, 0.2) is 24.3 Å². The summed E-state index contributed by atoms with van der Waals surface area (Å²) < 4.78 is 0. The highest BCUT2D eigenvalue weighted by Gasteiger charge is 2.22. The number of piperazine rings is 1. The zero-order valence-electron chi connectivity index (χ0n) is 12.6. The van der Waals surface area contributed by atoms with E-state index in [-0.39, 0.29) is 6.04 Å². The van der Waals surface area contributed by atoms with Gasteiger partial charge in [0.05, 0.1) is 12.5 Å². The van der Waals surface area contributed by atoms with E-state index in [9.17, 15) is 0 Å². The Hall–Kier alpha value is -1.57. The summed E-state index contributed by atoms with van der Waals surface area (Å²) in [5.41, 5.74) is 2.61. The van der Waals surface area contributed by atoms with Gasteiger partial charge in [-0.25, -0.2) is 0 Å². The fourth-order valence-corrected chi connectivity index (χ4v) is 3.42. The molecule has 0 radical (unpaired) electrons. The molecule has 0 aromatic heterocycles. The largest absolute Gasteiger partial charge is 0.372 e. The van der Waals surface area contributed by atoms with E-state index in [1.54, 1.807) is 0 Å². The first-order valence-corrected chi connectivity index (χ1v) is 8.05. The van der Waals surface area contributed by atoms with Gasteiger partial charge in [-0.3, -0.25) is 4.90 Å². The van der Waals surface area contributed by atoms with Crippen LogP contribution < -0.4 is 10.2 Å². The quantitative estimate of drug-likeness (QED) is 0.920. The molecule has 1 atom stereocenters. The Kier molecular flexibility index (Phi) is 4.74. The molecule has 0 spiro atoms. The molecule has 0 aliphatic carbocycles. The fourth-order valence-electron chi connectivity index (χ4n) is 3.42. The normalized spacial score (nSPS) is 21.2. The van der Waals surface area contributed by atoms with Crippen molar-refractivity contribution in [2.45, 2.75) is 25.3 Å². The predicted molar refractivity (Wildman–Crippen MR) is 85.3 cm³/mol. The smallest absolute Gasteiger partial charge is 0.0641 e. The molecule has 0 bridgehead atoms. The van der Waals surface area contributed by atoms with Gasteiger partial charge >= 0.3 is 0 Å². The molecular weight excluding hydrogens is 260 g/mol. The van der Waals surface area contributed by atoms with Crippen molar-refractivity contribution in [2.75, 3.05) is 44.2 Å². The summed E-state index contributed by atoms with van der Waals surface area (Å²) >= 11 is 0. The Morgan fingerprint density at radius 2 is 1.71 bits per heavy atom. The average molecular weight is 284 g/mol. The van der Waals surface area contributed by atoms with Gasteiger partial charge in [0, 0.05) is 51.0 Å². The van der Waals surface area contributed by atoms with Crippen molar-refractivity contribution in [3.05, 3.63) is 29.8 Å². The highest BCUT2D eigenvalue weighted by Crippen LogP contribution is 2.27. The van der Waals surface area contributed by atoms with Gasteiger partial charge < -0.3 is 10.2 Å². The zero-order valence-corrected chi connectivity index (χ0v) is 12.6. The van der Waals surface area contributed by atoms with Crippen LogP contribution in [0.5, 0.6) is 0 Å². The number of rotatable bonds is 4. The van der Waals surface area contributed by atoms with Crippen molar-refractivity contribution in [1.29, 1.82) is 5.26 Å². The Morgan fingerprint density at radius 3 is 2.33 bits per heavy atom. The maximum atomic E-state index is 9.16. The third kappa shape index (κ3) is 3.37. The number of nitrogens with zero attached hydrogens (tertiary/aromatic N) is 3.